The minimum atomic E-state index is -4.61. The molecule has 3 aromatic rings. The lowest BCUT2D eigenvalue weighted by Gasteiger charge is -2.42. The van der Waals surface area contributed by atoms with Gasteiger partial charge in [-0.3, -0.25) is 4.99 Å². The Morgan fingerprint density at radius 1 is 0.654 bits per heavy atom. The number of halogens is 3. The standard InChI is InChI=1S/C44H62F3NO4/c1-17-26(2)38(48-25-27-20-28(44(45,46)47)18-19-35(27)49)43(50,29-21-31(39(3,4)5)36(51-15)32(22-29)40(6,7)8)30-23-33(41(9,10)11)37(52-16)34(24-30)42(12,13)14/h18-26,38,49-50H,17H2,1-16H3. The second kappa shape index (κ2) is 14.7. The van der Waals surface area contributed by atoms with E-state index >= 15 is 0 Å². The first-order valence-corrected chi connectivity index (χ1v) is 18.2. The zero-order chi connectivity index (χ0) is 40.0. The monoisotopic (exact) mass is 725 g/mol. The van der Waals surface area contributed by atoms with Crippen molar-refractivity contribution in [2.75, 3.05) is 14.2 Å². The summed E-state index contributed by atoms with van der Waals surface area (Å²) in [6.07, 6.45) is -2.75. The molecular formula is C44H62F3NO4. The van der Waals surface area contributed by atoms with Crippen LogP contribution in [-0.4, -0.2) is 36.7 Å². The fourth-order valence-corrected chi connectivity index (χ4v) is 6.76. The molecular weight excluding hydrogens is 663 g/mol. The van der Waals surface area contributed by atoms with Crippen LogP contribution < -0.4 is 9.47 Å². The molecule has 0 saturated carbocycles. The Morgan fingerprint density at radius 3 is 1.31 bits per heavy atom. The highest BCUT2D eigenvalue weighted by Gasteiger charge is 2.46. The van der Waals surface area contributed by atoms with Crippen LogP contribution >= 0.6 is 0 Å². The van der Waals surface area contributed by atoms with Crippen LogP contribution in [0.3, 0.4) is 0 Å². The third kappa shape index (κ3) is 8.81. The van der Waals surface area contributed by atoms with Crippen molar-refractivity contribution in [2.24, 2.45) is 10.9 Å². The molecule has 0 spiro atoms. The lowest BCUT2D eigenvalue weighted by Crippen LogP contribution is -2.44. The van der Waals surface area contributed by atoms with Crippen molar-refractivity contribution >= 4 is 6.21 Å². The number of hydrogen-bond acceptors (Lipinski definition) is 5. The smallest absolute Gasteiger partial charge is 0.416 e. The lowest BCUT2D eigenvalue weighted by atomic mass is 9.68. The molecule has 0 saturated heterocycles. The topological polar surface area (TPSA) is 71.3 Å². The fraction of sp³-hybridized carbons (Fsp3) is 0.568. The summed E-state index contributed by atoms with van der Waals surface area (Å²) in [4.78, 5) is 4.96. The van der Waals surface area contributed by atoms with Gasteiger partial charge in [-0.2, -0.15) is 13.2 Å². The third-order valence-corrected chi connectivity index (χ3v) is 10.0. The molecule has 0 amide bonds. The van der Waals surface area contributed by atoms with E-state index in [4.69, 9.17) is 14.5 Å². The number of phenolic OH excluding ortho intramolecular Hbond substituents is 1. The first-order valence-electron chi connectivity index (χ1n) is 18.2. The molecule has 8 heteroatoms. The minimum absolute atomic E-state index is 0.0912. The summed E-state index contributed by atoms with van der Waals surface area (Å²) in [5.74, 6) is 0.867. The van der Waals surface area contributed by atoms with Crippen LogP contribution in [0.15, 0.2) is 47.5 Å². The van der Waals surface area contributed by atoms with E-state index in [0.717, 1.165) is 52.0 Å². The molecule has 0 aliphatic heterocycles. The van der Waals surface area contributed by atoms with Gasteiger partial charge in [-0.05, 0) is 81.2 Å². The average molecular weight is 726 g/mol. The molecule has 2 atom stereocenters. The number of hydrogen-bond donors (Lipinski definition) is 2. The Morgan fingerprint density at radius 2 is 1.02 bits per heavy atom. The summed E-state index contributed by atoms with van der Waals surface area (Å²) in [5, 5.41) is 24.6. The Labute approximate surface area is 310 Å². The highest BCUT2D eigenvalue weighted by molar-refractivity contribution is 5.84. The Kier molecular flexibility index (Phi) is 12.1. The number of phenols is 1. The molecule has 0 aromatic heterocycles. The molecule has 288 valence electrons. The molecule has 0 heterocycles. The SMILES string of the molecule is CCC(C)C(N=Cc1cc(C(F)(F)F)ccc1O)C(O)(c1cc(C(C)(C)C)c(OC)c(C(C)(C)C)c1)c1cc(C(C)(C)C)c(OC)c(C(C)(C)C)c1. The Balaban J connectivity index is 2.69. The number of alkyl halides is 3. The number of nitrogens with zero attached hydrogens (tertiary/aromatic N) is 1. The minimum Gasteiger partial charge on any atom is -0.507 e. The van der Waals surface area contributed by atoms with Crippen LogP contribution in [0.25, 0.3) is 0 Å². The largest absolute Gasteiger partial charge is 0.507 e. The van der Waals surface area contributed by atoms with Gasteiger partial charge in [-0.1, -0.05) is 103 Å². The van der Waals surface area contributed by atoms with Crippen molar-refractivity contribution in [3.05, 3.63) is 87.0 Å². The number of methoxy groups -OCH3 is 2. The van der Waals surface area contributed by atoms with Gasteiger partial charge in [-0.25, -0.2) is 0 Å². The van der Waals surface area contributed by atoms with Gasteiger partial charge in [0, 0.05) is 34.0 Å². The molecule has 0 radical (unpaired) electrons. The molecule has 3 rings (SSSR count). The van der Waals surface area contributed by atoms with Crippen molar-refractivity contribution in [1.82, 2.24) is 0 Å². The van der Waals surface area contributed by atoms with E-state index in [0.29, 0.717) is 17.5 Å². The average Bonchev–Trinajstić information content (AvgIpc) is 3.01. The van der Waals surface area contributed by atoms with Gasteiger partial charge in [0.25, 0.3) is 0 Å². The Hall–Kier alpha value is -3.52. The summed E-state index contributed by atoms with van der Waals surface area (Å²) in [7, 11) is 3.32. The highest BCUT2D eigenvalue weighted by Crippen LogP contribution is 2.49. The van der Waals surface area contributed by atoms with E-state index in [1.54, 1.807) is 14.2 Å². The van der Waals surface area contributed by atoms with Gasteiger partial charge in [0.1, 0.15) is 22.8 Å². The molecule has 3 aromatic carbocycles. The number of rotatable bonds is 9. The molecule has 0 bridgehead atoms. The predicted molar refractivity (Wildman–Crippen MR) is 208 cm³/mol. The third-order valence-electron chi connectivity index (χ3n) is 10.0. The maximum Gasteiger partial charge on any atom is 0.416 e. The van der Waals surface area contributed by atoms with Crippen LogP contribution in [0.5, 0.6) is 17.2 Å². The molecule has 0 fully saturated rings. The molecule has 0 aliphatic rings. The van der Waals surface area contributed by atoms with E-state index in [-0.39, 0.29) is 17.2 Å². The van der Waals surface area contributed by atoms with Crippen LogP contribution in [-0.2, 0) is 33.4 Å². The van der Waals surface area contributed by atoms with Gasteiger partial charge >= 0.3 is 6.18 Å². The summed E-state index contributed by atoms with van der Waals surface area (Å²) < 4.78 is 53.6. The van der Waals surface area contributed by atoms with Gasteiger partial charge in [0.2, 0.25) is 0 Å². The zero-order valence-electron chi connectivity index (χ0n) is 34.3. The zero-order valence-corrected chi connectivity index (χ0v) is 34.3. The van der Waals surface area contributed by atoms with Gasteiger partial charge in [-0.15, -0.1) is 0 Å². The van der Waals surface area contributed by atoms with Crippen molar-refractivity contribution in [1.29, 1.82) is 0 Å². The van der Waals surface area contributed by atoms with Crippen LogP contribution in [0.2, 0.25) is 0 Å². The second-order valence-corrected chi connectivity index (χ2v) is 18.4. The van der Waals surface area contributed by atoms with E-state index in [2.05, 4.69) is 83.1 Å². The molecule has 0 aliphatic carbocycles. The summed E-state index contributed by atoms with van der Waals surface area (Å²) in [6.45, 7) is 29.2. The van der Waals surface area contributed by atoms with Crippen LogP contribution in [0.4, 0.5) is 13.2 Å². The van der Waals surface area contributed by atoms with Gasteiger partial charge in [0.05, 0.1) is 25.8 Å². The second-order valence-electron chi connectivity index (χ2n) is 18.4. The van der Waals surface area contributed by atoms with Crippen molar-refractivity contribution in [3.63, 3.8) is 0 Å². The number of aliphatic imine (C=N–C) groups is 1. The summed E-state index contributed by atoms with van der Waals surface area (Å²) >= 11 is 0. The predicted octanol–water partition coefficient (Wildman–Crippen LogP) is 11.4. The van der Waals surface area contributed by atoms with E-state index < -0.39 is 45.0 Å². The Bertz CT molecular complexity index is 1610. The normalized spacial score (nSPS) is 14.8. The molecule has 2 unspecified atom stereocenters. The summed E-state index contributed by atoms with van der Waals surface area (Å²) in [6, 6.07) is 9.84. The first kappa shape index (κ1) is 42.9. The quantitative estimate of drug-likeness (QED) is 0.216. The number of ether oxygens (including phenoxy) is 2. The van der Waals surface area contributed by atoms with Crippen molar-refractivity contribution in [2.45, 2.75) is 143 Å². The lowest BCUT2D eigenvalue weighted by molar-refractivity contribution is -0.137. The first-order chi connectivity index (χ1) is 23.5. The van der Waals surface area contributed by atoms with E-state index in [1.165, 1.54) is 6.21 Å². The van der Waals surface area contributed by atoms with Crippen molar-refractivity contribution in [3.8, 4) is 17.2 Å². The molecule has 2 N–H and O–H groups in total. The van der Waals surface area contributed by atoms with Crippen LogP contribution in [0.1, 0.15) is 148 Å². The van der Waals surface area contributed by atoms with Crippen molar-refractivity contribution < 1.29 is 32.9 Å². The maximum absolute atomic E-state index is 13.9. The maximum atomic E-state index is 13.9. The molecule has 52 heavy (non-hydrogen) atoms. The van der Waals surface area contributed by atoms with E-state index in [9.17, 15) is 23.4 Å². The van der Waals surface area contributed by atoms with Gasteiger partial charge < -0.3 is 19.7 Å². The number of benzene rings is 3. The van der Waals surface area contributed by atoms with Crippen LogP contribution in [0, 0.1) is 5.92 Å². The number of aliphatic hydroxyl groups is 1. The van der Waals surface area contributed by atoms with Gasteiger partial charge in [0.15, 0.2) is 0 Å². The highest BCUT2D eigenvalue weighted by atomic mass is 19.4. The molecule has 5 nitrogen and oxygen atoms in total. The number of aromatic hydroxyl groups is 1. The summed E-state index contributed by atoms with van der Waals surface area (Å²) in [5.41, 5.74) is 0.392. The fourth-order valence-electron chi connectivity index (χ4n) is 6.76. The van der Waals surface area contributed by atoms with E-state index in [1.807, 2.05) is 38.1 Å².